The fraction of sp³-hybridized carbons (Fsp3) is 0.318. The lowest BCUT2D eigenvalue weighted by Gasteiger charge is -2.19. The molecule has 2 aromatic carbocycles. The summed E-state index contributed by atoms with van der Waals surface area (Å²) in [6.45, 7) is -0.571. The van der Waals surface area contributed by atoms with E-state index >= 15 is 0 Å². The Kier molecular flexibility index (Phi) is 7.22. The van der Waals surface area contributed by atoms with Crippen LogP contribution >= 0.6 is 0 Å². The van der Waals surface area contributed by atoms with Crippen molar-refractivity contribution < 1.29 is 34.1 Å². The van der Waals surface area contributed by atoms with Crippen LogP contribution in [0.2, 0.25) is 0 Å². The number of hydrogen-bond acceptors (Lipinski definition) is 6. The van der Waals surface area contributed by atoms with Gasteiger partial charge in [-0.3, -0.25) is 4.79 Å². The number of methoxy groups -OCH3 is 1. The number of fused-ring (bicyclic) bond motifs is 3. The highest BCUT2D eigenvalue weighted by atomic mass is 16.5. The molecule has 0 spiro atoms. The molecular formula is C22H24N2O7. The monoisotopic (exact) mass is 428 g/mol. The predicted molar refractivity (Wildman–Crippen MR) is 111 cm³/mol. The number of nitrogens with one attached hydrogen (secondary N) is 2. The molecule has 2 aromatic rings. The first-order valence-electron chi connectivity index (χ1n) is 9.71. The Balaban J connectivity index is 1.61. The zero-order valence-electron chi connectivity index (χ0n) is 16.9. The van der Waals surface area contributed by atoms with E-state index in [9.17, 15) is 19.5 Å². The molecule has 2 amide bonds. The van der Waals surface area contributed by atoms with Crippen LogP contribution in [0.25, 0.3) is 11.1 Å². The largest absolute Gasteiger partial charge is 0.479 e. The SMILES string of the molecule is COC[C@H](NC(=O)OCC1c2ccccc2-c2ccccc21)C(=O)NCC(O)C(=O)O. The van der Waals surface area contributed by atoms with Crippen LogP contribution in [-0.4, -0.2) is 67.2 Å². The van der Waals surface area contributed by atoms with Gasteiger partial charge in [-0.1, -0.05) is 48.5 Å². The molecule has 1 aliphatic rings. The summed E-state index contributed by atoms with van der Waals surface area (Å²) in [4.78, 5) is 35.2. The molecule has 0 aliphatic heterocycles. The lowest BCUT2D eigenvalue weighted by molar-refractivity contribution is -0.146. The number of hydrogen-bond donors (Lipinski definition) is 4. The molecule has 1 unspecified atom stereocenters. The topological polar surface area (TPSA) is 134 Å². The molecule has 3 rings (SSSR count). The van der Waals surface area contributed by atoms with Crippen LogP contribution in [-0.2, 0) is 19.1 Å². The van der Waals surface area contributed by atoms with Gasteiger partial charge in [-0.25, -0.2) is 9.59 Å². The molecule has 31 heavy (non-hydrogen) atoms. The number of aliphatic carboxylic acids is 1. The fourth-order valence-electron chi connectivity index (χ4n) is 3.54. The Morgan fingerprint density at radius 1 is 1.03 bits per heavy atom. The number of aliphatic hydroxyl groups excluding tert-OH is 1. The Morgan fingerprint density at radius 3 is 2.16 bits per heavy atom. The molecule has 4 N–H and O–H groups in total. The third-order valence-electron chi connectivity index (χ3n) is 5.04. The normalized spacial score (nSPS) is 14.1. The lowest BCUT2D eigenvalue weighted by atomic mass is 9.98. The lowest BCUT2D eigenvalue weighted by Crippen LogP contribution is -2.51. The summed E-state index contributed by atoms with van der Waals surface area (Å²) in [7, 11) is 1.35. The first-order chi connectivity index (χ1) is 14.9. The zero-order valence-corrected chi connectivity index (χ0v) is 16.9. The predicted octanol–water partition coefficient (Wildman–Crippen LogP) is 1.10. The molecule has 0 radical (unpaired) electrons. The molecule has 2 atom stereocenters. The standard InChI is InChI=1S/C22H24N2O7/c1-30-12-18(20(26)23-10-19(25)21(27)28)24-22(29)31-11-17-15-8-4-2-6-13(15)14-7-3-5-9-16(14)17/h2-9,17-19,25H,10-12H2,1H3,(H,23,26)(H,24,29)(H,27,28)/t18-,19?/m0/s1. The first-order valence-corrected chi connectivity index (χ1v) is 9.71. The van der Waals surface area contributed by atoms with E-state index < -0.39 is 36.7 Å². The van der Waals surface area contributed by atoms with Crippen molar-refractivity contribution in [2.75, 3.05) is 26.9 Å². The number of carboxylic acids is 1. The smallest absolute Gasteiger partial charge is 0.407 e. The molecular weight excluding hydrogens is 404 g/mol. The maximum atomic E-state index is 12.3. The quantitative estimate of drug-likeness (QED) is 0.470. The molecule has 0 saturated heterocycles. The van der Waals surface area contributed by atoms with E-state index in [4.69, 9.17) is 14.6 Å². The Bertz CT molecular complexity index is 917. The van der Waals surface area contributed by atoms with Crippen LogP contribution in [0.15, 0.2) is 48.5 Å². The van der Waals surface area contributed by atoms with Crippen molar-refractivity contribution in [1.82, 2.24) is 10.6 Å². The molecule has 0 bridgehead atoms. The Morgan fingerprint density at radius 2 is 1.61 bits per heavy atom. The second kappa shape index (κ2) is 10.1. The van der Waals surface area contributed by atoms with Crippen LogP contribution in [0.5, 0.6) is 0 Å². The van der Waals surface area contributed by atoms with Crippen molar-refractivity contribution in [3.05, 3.63) is 59.7 Å². The van der Waals surface area contributed by atoms with Crippen molar-refractivity contribution in [3.63, 3.8) is 0 Å². The van der Waals surface area contributed by atoms with Gasteiger partial charge >= 0.3 is 12.1 Å². The number of amides is 2. The third-order valence-corrected chi connectivity index (χ3v) is 5.04. The summed E-state index contributed by atoms with van der Waals surface area (Å²) in [5.74, 6) is -2.29. The van der Waals surface area contributed by atoms with E-state index in [0.29, 0.717) is 0 Å². The van der Waals surface area contributed by atoms with Gasteiger partial charge in [-0.15, -0.1) is 0 Å². The van der Waals surface area contributed by atoms with Gasteiger partial charge in [0.15, 0.2) is 6.10 Å². The van der Waals surface area contributed by atoms with E-state index in [-0.39, 0.29) is 19.1 Å². The molecule has 164 valence electrons. The van der Waals surface area contributed by atoms with Crippen LogP contribution in [0.4, 0.5) is 4.79 Å². The number of aliphatic hydroxyl groups is 1. The molecule has 0 fully saturated rings. The summed E-state index contributed by atoms with van der Waals surface area (Å²) < 4.78 is 10.3. The van der Waals surface area contributed by atoms with Gasteiger partial charge in [0.1, 0.15) is 12.6 Å². The Hall–Kier alpha value is -3.43. The van der Waals surface area contributed by atoms with Crippen molar-refractivity contribution >= 4 is 18.0 Å². The third kappa shape index (κ3) is 5.19. The van der Waals surface area contributed by atoms with Crippen molar-refractivity contribution in [2.24, 2.45) is 0 Å². The van der Waals surface area contributed by atoms with Crippen LogP contribution in [0.1, 0.15) is 17.0 Å². The second-order valence-corrected chi connectivity index (χ2v) is 7.08. The number of alkyl carbamates (subject to hydrolysis) is 1. The average Bonchev–Trinajstić information content (AvgIpc) is 3.09. The highest BCUT2D eigenvalue weighted by molar-refractivity contribution is 5.86. The number of ether oxygens (including phenoxy) is 2. The molecule has 1 aliphatic carbocycles. The van der Waals surface area contributed by atoms with E-state index in [1.807, 2.05) is 48.5 Å². The molecule has 9 heteroatoms. The molecule has 0 saturated carbocycles. The minimum Gasteiger partial charge on any atom is -0.479 e. The van der Waals surface area contributed by atoms with Gasteiger partial charge in [0, 0.05) is 13.0 Å². The van der Waals surface area contributed by atoms with E-state index in [0.717, 1.165) is 22.3 Å². The second-order valence-electron chi connectivity index (χ2n) is 7.08. The van der Waals surface area contributed by atoms with Crippen LogP contribution in [0.3, 0.4) is 0 Å². The van der Waals surface area contributed by atoms with Crippen molar-refractivity contribution in [3.8, 4) is 11.1 Å². The highest BCUT2D eigenvalue weighted by Gasteiger charge is 2.30. The van der Waals surface area contributed by atoms with Gasteiger partial charge in [0.25, 0.3) is 0 Å². The van der Waals surface area contributed by atoms with Crippen molar-refractivity contribution in [2.45, 2.75) is 18.1 Å². The number of carbonyl (C=O) groups excluding carboxylic acids is 2. The number of carboxylic acid groups (broad SMARTS) is 1. The van der Waals surface area contributed by atoms with Gasteiger partial charge in [0.2, 0.25) is 5.91 Å². The number of rotatable bonds is 9. The molecule has 0 aromatic heterocycles. The Labute approximate surface area is 179 Å². The zero-order chi connectivity index (χ0) is 22.4. The summed E-state index contributed by atoms with van der Waals surface area (Å²) in [6.07, 6.45) is -2.56. The number of carbonyl (C=O) groups is 3. The van der Waals surface area contributed by atoms with E-state index in [1.54, 1.807) is 0 Å². The summed E-state index contributed by atoms with van der Waals surface area (Å²) in [5.41, 5.74) is 4.32. The minimum absolute atomic E-state index is 0.0823. The fourth-order valence-corrected chi connectivity index (χ4v) is 3.54. The number of benzene rings is 2. The van der Waals surface area contributed by atoms with Crippen molar-refractivity contribution in [1.29, 1.82) is 0 Å². The summed E-state index contributed by atoms with van der Waals surface area (Å²) in [5, 5.41) is 22.6. The minimum atomic E-state index is -1.75. The van der Waals surface area contributed by atoms with E-state index in [2.05, 4.69) is 10.6 Å². The highest BCUT2D eigenvalue weighted by Crippen LogP contribution is 2.44. The van der Waals surface area contributed by atoms with Crippen LogP contribution < -0.4 is 10.6 Å². The van der Waals surface area contributed by atoms with Gasteiger partial charge in [-0.2, -0.15) is 0 Å². The van der Waals surface area contributed by atoms with Gasteiger partial charge in [-0.05, 0) is 22.3 Å². The van der Waals surface area contributed by atoms with Gasteiger partial charge < -0.3 is 30.3 Å². The maximum Gasteiger partial charge on any atom is 0.407 e. The van der Waals surface area contributed by atoms with Gasteiger partial charge in [0.05, 0.1) is 13.2 Å². The summed E-state index contributed by atoms with van der Waals surface area (Å²) >= 11 is 0. The van der Waals surface area contributed by atoms with E-state index in [1.165, 1.54) is 7.11 Å². The molecule has 9 nitrogen and oxygen atoms in total. The molecule has 0 heterocycles. The summed E-state index contributed by atoms with van der Waals surface area (Å²) in [6, 6.07) is 14.7. The first kappa shape index (κ1) is 22.3. The maximum absolute atomic E-state index is 12.3. The average molecular weight is 428 g/mol. The van der Waals surface area contributed by atoms with Crippen LogP contribution in [0, 0.1) is 0 Å².